The molecule has 0 amide bonds. The van der Waals surface area contributed by atoms with Crippen LogP contribution in [0, 0.1) is 11.7 Å². The van der Waals surface area contributed by atoms with E-state index >= 15 is 0 Å². The highest BCUT2D eigenvalue weighted by Crippen LogP contribution is 2.37. The van der Waals surface area contributed by atoms with Crippen LogP contribution in [0.25, 0.3) is 21.8 Å². The number of aromatic nitrogens is 4. The first-order valence-electron chi connectivity index (χ1n) is 12.5. The third-order valence-electron chi connectivity index (χ3n) is 7.11. The number of aryl methyl sites for hydroxylation is 1. The maximum atomic E-state index is 14.8. The molecule has 0 bridgehead atoms. The van der Waals surface area contributed by atoms with Crippen LogP contribution in [-0.4, -0.2) is 57.9 Å². The highest BCUT2D eigenvalue weighted by atomic mass is 35.5. The van der Waals surface area contributed by atoms with Crippen molar-refractivity contribution in [2.45, 2.75) is 38.9 Å². The third kappa shape index (κ3) is 4.40. The van der Waals surface area contributed by atoms with Gasteiger partial charge < -0.3 is 20.3 Å². The van der Waals surface area contributed by atoms with Crippen LogP contribution in [0.15, 0.2) is 30.5 Å². The summed E-state index contributed by atoms with van der Waals surface area (Å²) in [5.41, 5.74) is 3.01. The Hall–Kier alpha value is -2.88. The fourth-order valence-electron chi connectivity index (χ4n) is 5.58. The van der Waals surface area contributed by atoms with Gasteiger partial charge >= 0.3 is 0 Å². The number of ether oxygens (including phenoxy) is 1. The first-order valence-corrected chi connectivity index (χ1v) is 12.9. The SMILES string of the molecule is C[C@@H]1CN(c2cc(Cl)c3c(Nc4cc(F)c5nn(C)cc5c4)nn(CC4CCOC4)c3c2)C[C@H](C)N1. The van der Waals surface area contributed by atoms with Crippen LogP contribution >= 0.6 is 11.6 Å². The number of rotatable bonds is 5. The normalized spacial score (nSPS) is 22.7. The minimum absolute atomic E-state index is 0.349. The lowest BCUT2D eigenvalue weighted by molar-refractivity contribution is 0.182. The molecule has 190 valence electrons. The molecule has 10 heteroatoms. The predicted molar refractivity (Wildman–Crippen MR) is 142 cm³/mol. The zero-order chi connectivity index (χ0) is 25.0. The van der Waals surface area contributed by atoms with E-state index in [0.29, 0.717) is 40.0 Å². The fraction of sp³-hybridized carbons (Fsp3) is 0.462. The molecule has 2 aliphatic heterocycles. The fourth-order valence-corrected chi connectivity index (χ4v) is 5.88. The summed E-state index contributed by atoms with van der Waals surface area (Å²) in [5.74, 6) is 0.634. The van der Waals surface area contributed by atoms with Crippen molar-refractivity contribution < 1.29 is 9.13 Å². The summed E-state index contributed by atoms with van der Waals surface area (Å²) in [4.78, 5) is 2.38. The molecule has 2 saturated heterocycles. The Kier molecular flexibility index (Phi) is 6.02. The molecule has 2 aliphatic rings. The average molecular weight is 512 g/mol. The van der Waals surface area contributed by atoms with Gasteiger partial charge in [-0.25, -0.2) is 4.39 Å². The number of hydrogen-bond donors (Lipinski definition) is 2. The van der Waals surface area contributed by atoms with E-state index in [4.69, 9.17) is 21.4 Å². The zero-order valence-corrected chi connectivity index (χ0v) is 21.5. The van der Waals surface area contributed by atoms with Gasteiger partial charge in [0.1, 0.15) is 5.52 Å². The molecule has 6 rings (SSSR count). The van der Waals surface area contributed by atoms with Gasteiger partial charge in [-0.15, -0.1) is 0 Å². The number of fused-ring (bicyclic) bond motifs is 2. The first-order chi connectivity index (χ1) is 17.3. The van der Waals surface area contributed by atoms with E-state index in [1.807, 2.05) is 16.8 Å². The van der Waals surface area contributed by atoms with Gasteiger partial charge in [0.15, 0.2) is 11.6 Å². The molecule has 2 N–H and O–H groups in total. The molecule has 0 radical (unpaired) electrons. The van der Waals surface area contributed by atoms with Crippen LogP contribution in [0.2, 0.25) is 5.02 Å². The van der Waals surface area contributed by atoms with Crippen LogP contribution in [0.1, 0.15) is 20.3 Å². The van der Waals surface area contributed by atoms with Crippen LogP contribution in [0.5, 0.6) is 0 Å². The summed E-state index contributed by atoms with van der Waals surface area (Å²) in [5, 5.41) is 18.2. The second-order valence-electron chi connectivity index (χ2n) is 10.3. The van der Waals surface area contributed by atoms with Gasteiger partial charge in [0.25, 0.3) is 0 Å². The lowest BCUT2D eigenvalue weighted by Gasteiger charge is -2.37. The molecule has 0 spiro atoms. The molecule has 2 aromatic carbocycles. The second-order valence-corrected chi connectivity index (χ2v) is 10.7. The van der Waals surface area contributed by atoms with Crippen molar-refractivity contribution in [1.29, 1.82) is 0 Å². The van der Waals surface area contributed by atoms with E-state index in [0.717, 1.165) is 61.2 Å². The summed E-state index contributed by atoms with van der Waals surface area (Å²) >= 11 is 6.94. The van der Waals surface area contributed by atoms with E-state index in [1.165, 1.54) is 6.07 Å². The number of hydrogen-bond acceptors (Lipinski definition) is 6. The molecule has 36 heavy (non-hydrogen) atoms. The summed E-state index contributed by atoms with van der Waals surface area (Å²) < 4.78 is 24.0. The van der Waals surface area contributed by atoms with E-state index in [1.54, 1.807) is 17.9 Å². The Bertz CT molecular complexity index is 1420. The Morgan fingerprint density at radius 3 is 2.72 bits per heavy atom. The highest BCUT2D eigenvalue weighted by Gasteiger charge is 2.25. The Labute approximate surface area is 214 Å². The molecule has 3 atom stereocenters. The lowest BCUT2D eigenvalue weighted by atomic mass is 10.1. The molecule has 1 unspecified atom stereocenters. The van der Waals surface area contributed by atoms with E-state index in [9.17, 15) is 4.39 Å². The molecular weight excluding hydrogens is 481 g/mol. The molecule has 0 aliphatic carbocycles. The Morgan fingerprint density at radius 1 is 1.17 bits per heavy atom. The molecule has 2 fully saturated rings. The van der Waals surface area contributed by atoms with Gasteiger partial charge in [-0.2, -0.15) is 10.2 Å². The minimum Gasteiger partial charge on any atom is -0.381 e. The predicted octanol–water partition coefficient (Wildman–Crippen LogP) is 4.68. The summed E-state index contributed by atoms with van der Waals surface area (Å²) in [6.45, 7) is 8.47. The van der Waals surface area contributed by atoms with E-state index < -0.39 is 0 Å². The number of piperazine rings is 1. The minimum atomic E-state index is -0.377. The van der Waals surface area contributed by atoms with E-state index in [-0.39, 0.29) is 5.82 Å². The lowest BCUT2D eigenvalue weighted by Crippen LogP contribution is -2.54. The van der Waals surface area contributed by atoms with Gasteiger partial charge in [-0.3, -0.25) is 9.36 Å². The van der Waals surface area contributed by atoms with Crippen molar-refractivity contribution in [2.24, 2.45) is 13.0 Å². The number of nitrogens with one attached hydrogen (secondary N) is 2. The van der Waals surface area contributed by atoms with Gasteiger partial charge in [0.2, 0.25) is 0 Å². The topological polar surface area (TPSA) is 72.2 Å². The van der Waals surface area contributed by atoms with Crippen molar-refractivity contribution >= 4 is 50.6 Å². The Balaban J connectivity index is 1.42. The quantitative estimate of drug-likeness (QED) is 0.405. The van der Waals surface area contributed by atoms with Crippen LogP contribution < -0.4 is 15.5 Å². The average Bonchev–Trinajstić information content (AvgIpc) is 3.53. The van der Waals surface area contributed by atoms with Crippen molar-refractivity contribution in [3.8, 4) is 0 Å². The highest BCUT2D eigenvalue weighted by molar-refractivity contribution is 6.37. The van der Waals surface area contributed by atoms with Crippen molar-refractivity contribution in [1.82, 2.24) is 24.9 Å². The van der Waals surface area contributed by atoms with Crippen molar-refractivity contribution in [3.05, 3.63) is 41.3 Å². The maximum absolute atomic E-state index is 14.8. The molecule has 4 heterocycles. The van der Waals surface area contributed by atoms with Gasteiger partial charge in [-0.1, -0.05) is 11.6 Å². The third-order valence-corrected chi connectivity index (χ3v) is 7.40. The molecular formula is C26H31ClFN7O. The van der Waals surface area contributed by atoms with Crippen LogP contribution in [0.4, 0.5) is 21.6 Å². The zero-order valence-electron chi connectivity index (χ0n) is 20.8. The number of anilines is 3. The molecule has 2 aromatic heterocycles. The van der Waals surface area contributed by atoms with Crippen LogP contribution in [-0.2, 0) is 18.3 Å². The monoisotopic (exact) mass is 511 g/mol. The van der Waals surface area contributed by atoms with Gasteiger partial charge in [0.05, 0.1) is 22.5 Å². The van der Waals surface area contributed by atoms with Gasteiger partial charge in [-0.05, 0) is 44.5 Å². The molecule has 4 aromatic rings. The number of benzene rings is 2. The van der Waals surface area contributed by atoms with Gasteiger partial charge in [0, 0.05) is 74.2 Å². The molecule has 0 saturated carbocycles. The van der Waals surface area contributed by atoms with Crippen molar-refractivity contribution in [2.75, 3.05) is 36.5 Å². The molecule has 8 nitrogen and oxygen atoms in total. The largest absolute Gasteiger partial charge is 0.381 e. The second kappa shape index (κ2) is 9.21. The summed E-state index contributed by atoms with van der Waals surface area (Å²) in [6.07, 6.45) is 2.81. The first kappa shape index (κ1) is 23.5. The smallest absolute Gasteiger partial charge is 0.161 e. The Morgan fingerprint density at radius 2 is 1.97 bits per heavy atom. The van der Waals surface area contributed by atoms with Crippen LogP contribution in [0.3, 0.4) is 0 Å². The maximum Gasteiger partial charge on any atom is 0.161 e. The van der Waals surface area contributed by atoms with E-state index in [2.05, 4.69) is 40.5 Å². The number of nitrogens with zero attached hydrogens (tertiary/aromatic N) is 5. The standard InChI is InChI=1S/C26H31ClFN7O/c1-15-10-34(11-16(2)29-15)20-8-21(27)24-23(9-20)35(12-17-4-5-36-14-17)32-26(24)30-19-6-18-13-33(3)31-25(18)22(28)7-19/h6-9,13,15-17,29H,4-5,10-12,14H2,1-3H3,(H,30,32)/t15-,16+,17?. The summed E-state index contributed by atoms with van der Waals surface area (Å²) in [7, 11) is 1.78. The summed E-state index contributed by atoms with van der Waals surface area (Å²) in [6, 6.07) is 8.32. The number of halogens is 2. The van der Waals surface area contributed by atoms with Crippen molar-refractivity contribution in [3.63, 3.8) is 0 Å².